The number of Topliss-reactive ketones (excluding diaryl/α,β-unsaturated/α-hetero) is 1. The highest BCUT2D eigenvalue weighted by molar-refractivity contribution is 5.83. The van der Waals surface area contributed by atoms with Gasteiger partial charge in [-0.1, -0.05) is 20.8 Å². The van der Waals surface area contributed by atoms with Crippen LogP contribution in [0, 0.1) is 5.41 Å². The first-order valence-corrected chi connectivity index (χ1v) is 9.10. The molecule has 0 aliphatic carbocycles. The van der Waals surface area contributed by atoms with Gasteiger partial charge >= 0.3 is 0 Å². The molecule has 0 radical (unpaired) electrons. The normalized spacial score (nSPS) is 33.9. The zero-order chi connectivity index (χ0) is 19.5. The number of amides is 1. The number of ketones is 1. The van der Waals surface area contributed by atoms with Crippen LogP contribution in [0.25, 0.3) is 0 Å². The summed E-state index contributed by atoms with van der Waals surface area (Å²) in [5.74, 6) is -0.116. The van der Waals surface area contributed by atoms with Gasteiger partial charge in [-0.3, -0.25) is 9.59 Å². The lowest BCUT2D eigenvalue weighted by Crippen LogP contribution is -2.66. The summed E-state index contributed by atoms with van der Waals surface area (Å²) in [6, 6.07) is -0.818. The molecule has 2 fully saturated rings. The van der Waals surface area contributed by atoms with E-state index in [0.29, 0.717) is 13.0 Å². The van der Waals surface area contributed by atoms with Crippen molar-refractivity contribution in [1.82, 2.24) is 5.32 Å². The number of rotatable bonds is 8. The van der Waals surface area contributed by atoms with E-state index in [1.165, 1.54) is 6.92 Å². The van der Waals surface area contributed by atoms with Gasteiger partial charge in [0.05, 0.1) is 13.2 Å². The Bertz CT molecular complexity index is 518. The summed E-state index contributed by atoms with van der Waals surface area (Å²) in [6.45, 7) is 7.61. The van der Waals surface area contributed by atoms with Crippen molar-refractivity contribution in [2.75, 3.05) is 19.8 Å². The van der Waals surface area contributed by atoms with E-state index in [4.69, 9.17) is 14.2 Å². The van der Waals surface area contributed by atoms with Crippen molar-refractivity contribution in [2.24, 2.45) is 5.41 Å². The van der Waals surface area contributed by atoms with Gasteiger partial charge in [0.15, 0.2) is 6.29 Å². The second kappa shape index (κ2) is 8.31. The first kappa shape index (κ1) is 21.2. The number of fused-ring (bicyclic) bond motifs is 2. The van der Waals surface area contributed by atoms with Crippen molar-refractivity contribution in [1.29, 1.82) is 0 Å². The van der Waals surface area contributed by atoms with Gasteiger partial charge in [0.1, 0.15) is 29.6 Å². The molecule has 1 amide bonds. The molecule has 5 atom stereocenters. The highest BCUT2D eigenvalue weighted by Gasteiger charge is 2.59. The van der Waals surface area contributed by atoms with Crippen LogP contribution in [0.15, 0.2) is 0 Å². The number of hydrogen-bond donors (Lipinski definition) is 3. The molecule has 3 N–H and O–H groups in total. The Morgan fingerprint density at radius 1 is 1.27 bits per heavy atom. The van der Waals surface area contributed by atoms with Crippen LogP contribution in [0.3, 0.4) is 0 Å². The van der Waals surface area contributed by atoms with Crippen molar-refractivity contribution in [3.05, 3.63) is 0 Å². The molecular formula is C18H31NO7. The number of aliphatic hydroxyl groups excluding tert-OH is 2. The van der Waals surface area contributed by atoms with Crippen LogP contribution in [-0.2, 0) is 23.8 Å². The highest BCUT2D eigenvalue weighted by Crippen LogP contribution is 2.37. The van der Waals surface area contributed by atoms with E-state index in [9.17, 15) is 19.8 Å². The summed E-state index contributed by atoms with van der Waals surface area (Å²) in [7, 11) is 0. The second-order valence-electron chi connectivity index (χ2n) is 8.21. The Hall–Kier alpha value is -1.06. The maximum absolute atomic E-state index is 11.9. The van der Waals surface area contributed by atoms with Gasteiger partial charge in [0.2, 0.25) is 5.91 Å². The highest BCUT2D eigenvalue weighted by atomic mass is 16.7. The van der Waals surface area contributed by atoms with Gasteiger partial charge in [0, 0.05) is 25.4 Å². The Kier molecular flexibility index (Phi) is 6.79. The fraction of sp³-hybridized carbons (Fsp3) is 0.889. The van der Waals surface area contributed by atoms with Gasteiger partial charge in [-0.2, -0.15) is 0 Å². The fourth-order valence-electron chi connectivity index (χ4n) is 3.18. The van der Waals surface area contributed by atoms with Crippen LogP contribution in [0.2, 0.25) is 0 Å². The number of hydrogen-bond acceptors (Lipinski definition) is 7. The molecule has 0 unspecified atom stereocenters. The van der Waals surface area contributed by atoms with Gasteiger partial charge in [-0.05, 0) is 12.8 Å². The summed E-state index contributed by atoms with van der Waals surface area (Å²) < 4.78 is 16.9. The van der Waals surface area contributed by atoms with E-state index in [2.05, 4.69) is 5.32 Å². The van der Waals surface area contributed by atoms with E-state index in [1.807, 2.05) is 20.8 Å². The summed E-state index contributed by atoms with van der Waals surface area (Å²) in [5.41, 5.74) is -1.46. The SMILES string of the molecule is CC(=O)N[C@H]1[C@@H]2OC[C@](COCCCCC(=O)C(C)(C)C)(O2)[C@H](O)[C@@H]1O. The largest absolute Gasteiger partial charge is 0.388 e. The van der Waals surface area contributed by atoms with Crippen molar-refractivity contribution in [2.45, 2.75) is 77.1 Å². The summed E-state index contributed by atoms with van der Waals surface area (Å²) in [5, 5.41) is 23.3. The molecule has 0 spiro atoms. The first-order chi connectivity index (χ1) is 12.1. The monoisotopic (exact) mass is 373 g/mol. The van der Waals surface area contributed by atoms with E-state index in [-0.39, 0.29) is 30.3 Å². The molecule has 8 heteroatoms. The lowest BCUT2D eigenvalue weighted by atomic mass is 9.88. The summed E-state index contributed by atoms with van der Waals surface area (Å²) >= 11 is 0. The molecule has 2 aliphatic rings. The molecule has 26 heavy (non-hydrogen) atoms. The van der Waals surface area contributed by atoms with Gasteiger partial charge in [-0.25, -0.2) is 0 Å². The standard InChI is InChI=1S/C18H31NO7/c1-11(20)19-13-14(22)15(23)18(10-25-16(13)26-18)9-24-8-6-5-7-12(21)17(2,3)4/h13-16,22-23H,5-10H2,1-4H3,(H,19,20)/t13-,14-,15-,16-,18+/m1/s1. The first-order valence-electron chi connectivity index (χ1n) is 9.10. The van der Waals surface area contributed by atoms with Crippen LogP contribution >= 0.6 is 0 Å². The topological polar surface area (TPSA) is 114 Å². The Morgan fingerprint density at radius 2 is 1.96 bits per heavy atom. The smallest absolute Gasteiger partial charge is 0.217 e. The Morgan fingerprint density at radius 3 is 2.58 bits per heavy atom. The maximum atomic E-state index is 11.9. The quantitative estimate of drug-likeness (QED) is 0.519. The minimum atomic E-state index is -1.24. The molecular weight excluding hydrogens is 342 g/mol. The molecule has 0 aromatic rings. The van der Waals surface area contributed by atoms with Crippen LogP contribution < -0.4 is 5.32 Å². The molecule has 0 aromatic carbocycles. The van der Waals surface area contributed by atoms with Crippen molar-refractivity contribution < 1.29 is 34.0 Å². The predicted octanol–water partition coefficient (Wildman–Crippen LogP) is 0.140. The lowest BCUT2D eigenvalue weighted by molar-refractivity contribution is -0.237. The Balaban J connectivity index is 1.76. The van der Waals surface area contributed by atoms with Crippen LogP contribution in [0.1, 0.15) is 47.0 Å². The third kappa shape index (κ3) is 4.80. The average molecular weight is 373 g/mol. The molecule has 8 nitrogen and oxygen atoms in total. The maximum Gasteiger partial charge on any atom is 0.217 e. The number of aliphatic hydroxyl groups is 2. The summed E-state index contributed by atoms with van der Waals surface area (Å²) in [6.07, 6.45) is -1.28. The van der Waals surface area contributed by atoms with Crippen LogP contribution in [0.4, 0.5) is 0 Å². The van der Waals surface area contributed by atoms with E-state index < -0.39 is 30.1 Å². The van der Waals surface area contributed by atoms with E-state index >= 15 is 0 Å². The summed E-state index contributed by atoms with van der Waals surface area (Å²) in [4.78, 5) is 23.1. The number of carbonyl (C=O) groups excluding carboxylic acids is 2. The van der Waals surface area contributed by atoms with Gasteiger partial charge in [0.25, 0.3) is 0 Å². The predicted molar refractivity (Wildman–Crippen MR) is 92.3 cm³/mol. The molecule has 0 saturated carbocycles. The molecule has 150 valence electrons. The van der Waals surface area contributed by atoms with Crippen LogP contribution in [-0.4, -0.2) is 71.9 Å². The molecule has 2 bridgehead atoms. The molecule has 2 rings (SSSR count). The Labute approximate surface area is 154 Å². The van der Waals surface area contributed by atoms with E-state index in [0.717, 1.165) is 12.8 Å². The minimum absolute atomic E-state index is 0.0712. The van der Waals surface area contributed by atoms with Crippen molar-refractivity contribution in [3.8, 4) is 0 Å². The number of carbonyl (C=O) groups is 2. The van der Waals surface area contributed by atoms with Crippen molar-refractivity contribution in [3.63, 3.8) is 0 Å². The van der Waals surface area contributed by atoms with Crippen molar-refractivity contribution >= 4 is 11.7 Å². The molecule has 2 saturated heterocycles. The van der Waals surface area contributed by atoms with E-state index in [1.54, 1.807) is 0 Å². The molecule has 2 aliphatic heterocycles. The molecule has 2 heterocycles. The number of nitrogens with one attached hydrogen (secondary N) is 1. The fourth-order valence-corrected chi connectivity index (χ4v) is 3.18. The van der Waals surface area contributed by atoms with Crippen LogP contribution in [0.5, 0.6) is 0 Å². The van der Waals surface area contributed by atoms with Gasteiger partial charge < -0.3 is 29.7 Å². The molecule has 0 aromatic heterocycles. The average Bonchev–Trinajstić information content (AvgIpc) is 2.94. The second-order valence-corrected chi connectivity index (χ2v) is 8.21. The lowest BCUT2D eigenvalue weighted by Gasteiger charge is -2.42. The van der Waals surface area contributed by atoms with Gasteiger partial charge in [-0.15, -0.1) is 0 Å². The third-order valence-electron chi connectivity index (χ3n) is 4.86. The zero-order valence-corrected chi connectivity index (χ0v) is 16.0. The number of unbranched alkanes of at least 4 members (excludes halogenated alkanes) is 1. The minimum Gasteiger partial charge on any atom is -0.388 e. The zero-order valence-electron chi connectivity index (χ0n) is 16.0. The number of ether oxygens (including phenoxy) is 3. The third-order valence-corrected chi connectivity index (χ3v) is 4.86.